The van der Waals surface area contributed by atoms with Gasteiger partial charge in [-0.25, -0.2) is 9.48 Å². The fraction of sp³-hybridized carbons (Fsp3) is 0.333. The molecule has 5 heteroatoms. The van der Waals surface area contributed by atoms with E-state index in [9.17, 15) is 9.90 Å². The Labute approximate surface area is 117 Å². The zero-order valence-electron chi connectivity index (χ0n) is 11.6. The molecular weight excluding hydrogens is 256 g/mol. The minimum absolute atomic E-state index is 0.0450. The molecule has 0 saturated heterocycles. The summed E-state index contributed by atoms with van der Waals surface area (Å²) >= 11 is 0. The molecule has 0 bridgehead atoms. The third kappa shape index (κ3) is 2.82. The lowest BCUT2D eigenvalue weighted by molar-refractivity contribution is 0.0690. The summed E-state index contributed by atoms with van der Waals surface area (Å²) in [5, 5.41) is 22.7. The number of aromatic carboxylic acids is 1. The van der Waals surface area contributed by atoms with E-state index < -0.39 is 5.97 Å². The van der Waals surface area contributed by atoms with Crippen molar-refractivity contribution in [3.8, 4) is 11.4 Å². The van der Waals surface area contributed by atoms with Crippen molar-refractivity contribution in [3.63, 3.8) is 0 Å². The number of carbonyl (C=O) groups is 1. The number of hydrogen-bond donors (Lipinski definition) is 2. The maximum absolute atomic E-state index is 11.1. The van der Waals surface area contributed by atoms with Crippen LogP contribution < -0.4 is 0 Å². The second kappa shape index (κ2) is 5.77. The number of aryl methyl sites for hydroxylation is 2. The van der Waals surface area contributed by atoms with Crippen LogP contribution in [-0.2, 0) is 6.42 Å². The zero-order valence-corrected chi connectivity index (χ0v) is 11.6. The third-order valence-electron chi connectivity index (χ3n) is 3.20. The molecule has 20 heavy (non-hydrogen) atoms. The summed E-state index contributed by atoms with van der Waals surface area (Å²) < 4.78 is 1.66. The normalized spacial score (nSPS) is 10.7. The second-order valence-electron chi connectivity index (χ2n) is 4.81. The van der Waals surface area contributed by atoms with E-state index in [4.69, 9.17) is 5.11 Å². The number of carboxylic acids is 1. The van der Waals surface area contributed by atoms with Crippen molar-refractivity contribution in [2.24, 2.45) is 0 Å². The van der Waals surface area contributed by atoms with Crippen molar-refractivity contribution >= 4 is 5.97 Å². The summed E-state index contributed by atoms with van der Waals surface area (Å²) in [6.45, 7) is 3.95. The lowest BCUT2D eigenvalue weighted by Crippen LogP contribution is -2.05. The Balaban J connectivity index is 2.50. The maximum Gasteiger partial charge on any atom is 0.356 e. The Kier molecular flexibility index (Phi) is 4.08. The Morgan fingerprint density at radius 2 is 2.10 bits per heavy atom. The number of hydrogen-bond acceptors (Lipinski definition) is 3. The predicted octanol–water partition coefficient (Wildman–Crippen LogP) is 2.93. The number of aromatic hydroxyl groups is 1. The number of aromatic nitrogens is 2. The largest absolute Gasteiger partial charge is 0.508 e. The van der Waals surface area contributed by atoms with Gasteiger partial charge in [-0.15, -0.1) is 0 Å². The van der Waals surface area contributed by atoms with Crippen molar-refractivity contribution in [2.45, 2.75) is 33.1 Å². The molecule has 2 aromatic rings. The molecule has 0 aliphatic rings. The van der Waals surface area contributed by atoms with E-state index in [0.29, 0.717) is 0 Å². The van der Waals surface area contributed by atoms with Crippen LogP contribution in [0.2, 0.25) is 0 Å². The number of benzene rings is 1. The highest BCUT2D eigenvalue weighted by Crippen LogP contribution is 2.22. The molecule has 106 valence electrons. The molecule has 0 atom stereocenters. The van der Waals surface area contributed by atoms with Gasteiger partial charge in [0.25, 0.3) is 0 Å². The molecule has 1 heterocycles. The number of phenolic OH excluding ortho intramolecular Hbond substituents is 1. The SMILES string of the molecule is CCCCc1cc(C(=O)O)nn1-c1ccc(O)cc1C. The fourth-order valence-corrected chi connectivity index (χ4v) is 2.15. The van der Waals surface area contributed by atoms with Gasteiger partial charge in [0.05, 0.1) is 5.69 Å². The minimum atomic E-state index is -1.03. The molecule has 0 radical (unpaired) electrons. The van der Waals surface area contributed by atoms with Crippen LogP contribution in [0.1, 0.15) is 41.5 Å². The molecule has 1 aromatic carbocycles. The Hall–Kier alpha value is -2.30. The van der Waals surface area contributed by atoms with Crippen molar-refractivity contribution in [3.05, 3.63) is 41.2 Å². The monoisotopic (exact) mass is 274 g/mol. The number of nitrogens with zero attached hydrogens (tertiary/aromatic N) is 2. The summed E-state index contributed by atoms with van der Waals surface area (Å²) in [5.74, 6) is -0.843. The van der Waals surface area contributed by atoms with Crippen LogP contribution >= 0.6 is 0 Å². The van der Waals surface area contributed by atoms with Gasteiger partial charge < -0.3 is 10.2 Å². The predicted molar refractivity (Wildman–Crippen MR) is 75.5 cm³/mol. The van der Waals surface area contributed by atoms with Crippen LogP contribution in [0.3, 0.4) is 0 Å². The molecule has 2 rings (SSSR count). The lowest BCUT2D eigenvalue weighted by Gasteiger charge is -2.10. The molecule has 0 aliphatic carbocycles. The topological polar surface area (TPSA) is 75.3 Å². The Morgan fingerprint density at radius 1 is 1.35 bits per heavy atom. The van der Waals surface area contributed by atoms with Gasteiger partial charge in [-0.05, 0) is 49.6 Å². The summed E-state index contributed by atoms with van der Waals surface area (Å²) in [6, 6.07) is 6.58. The number of carboxylic acid groups (broad SMARTS) is 1. The van der Waals surface area contributed by atoms with Crippen LogP contribution in [-0.4, -0.2) is 26.0 Å². The highest BCUT2D eigenvalue weighted by molar-refractivity contribution is 5.85. The summed E-state index contributed by atoms with van der Waals surface area (Å²) in [7, 11) is 0. The van der Waals surface area contributed by atoms with E-state index in [1.807, 2.05) is 6.92 Å². The van der Waals surface area contributed by atoms with Gasteiger partial charge in [0.2, 0.25) is 0 Å². The maximum atomic E-state index is 11.1. The minimum Gasteiger partial charge on any atom is -0.508 e. The van der Waals surface area contributed by atoms with E-state index >= 15 is 0 Å². The third-order valence-corrected chi connectivity index (χ3v) is 3.20. The quantitative estimate of drug-likeness (QED) is 0.879. The van der Waals surface area contributed by atoms with Crippen LogP contribution in [0.15, 0.2) is 24.3 Å². The molecule has 5 nitrogen and oxygen atoms in total. The fourth-order valence-electron chi connectivity index (χ4n) is 2.15. The highest BCUT2D eigenvalue weighted by atomic mass is 16.4. The first-order chi connectivity index (χ1) is 9.52. The zero-order chi connectivity index (χ0) is 14.7. The van der Waals surface area contributed by atoms with E-state index in [2.05, 4.69) is 12.0 Å². The van der Waals surface area contributed by atoms with Crippen LogP contribution in [0.4, 0.5) is 0 Å². The van der Waals surface area contributed by atoms with Crippen LogP contribution in [0.5, 0.6) is 5.75 Å². The molecule has 2 N–H and O–H groups in total. The van der Waals surface area contributed by atoms with Crippen LogP contribution in [0, 0.1) is 6.92 Å². The smallest absolute Gasteiger partial charge is 0.356 e. The first-order valence-electron chi connectivity index (χ1n) is 6.65. The van der Waals surface area contributed by atoms with Crippen molar-refractivity contribution in [2.75, 3.05) is 0 Å². The van der Waals surface area contributed by atoms with Gasteiger partial charge in [0.1, 0.15) is 5.75 Å². The van der Waals surface area contributed by atoms with Crippen molar-refractivity contribution < 1.29 is 15.0 Å². The van der Waals surface area contributed by atoms with Gasteiger partial charge in [-0.2, -0.15) is 5.10 Å². The van der Waals surface area contributed by atoms with Gasteiger partial charge in [-0.3, -0.25) is 0 Å². The molecule has 0 fully saturated rings. The molecule has 1 aromatic heterocycles. The molecule has 0 amide bonds. The highest BCUT2D eigenvalue weighted by Gasteiger charge is 2.15. The van der Waals surface area contributed by atoms with Gasteiger partial charge >= 0.3 is 5.97 Å². The molecule has 0 spiro atoms. The second-order valence-corrected chi connectivity index (χ2v) is 4.81. The van der Waals surface area contributed by atoms with Gasteiger partial charge in [-0.1, -0.05) is 13.3 Å². The number of phenols is 1. The molecule has 0 aliphatic heterocycles. The average Bonchev–Trinajstić information content (AvgIpc) is 2.80. The summed E-state index contributed by atoms with van der Waals surface area (Å²) in [5.41, 5.74) is 2.56. The number of rotatable bonds is 5. The standard InChI is InChI=1S/C15H18N2O3/c1-3-4-5-11-9-13(15(19)20)16-17(11)14-7-6-12(18)8-10(14)2/h6-9,18H,3-5H2,1-2H3,(H,19,20). The summed E-state index contributed by atoms with van der Waals surface area (Å²) in [4.78, 5) is 11.1. The van der Waals surface area contributed by atoms with E-state index in [1.54, 1.807) is 28.9 Å². The van der Waals surface area contributed by atoms with Gasteiger partial charge in [0.15, 0.2) is 5.69 Å². The van der Waals surface area contributed by atoms with E-state index in [0.717, 1.165) is 36.2 Å². The van der Waals surface area contributed by atoms with E-state index in [1.165, 1.54) is 0 Å². The van der Waals surface area contributed by atoms with Gasteiger partial charge in [0, 0.05) is 5.69 Å². The first kappa shape index (κ1) is 14.1. The lowest BCUT2D eigenvalue weighted by atomic mass is 10.1. The van der Waals surface area contributed by atoms with E-state index in [-0.39, 0.29) is 11.4 Å². The van der Waals surface area contributed by atoms with Crippen LogP contribution in [0.25, 0.3) is 5.69 Å². The average molecular weight is 274 g/mol. The summed E-state index contributed by atoms with van der Waals surface area (Å²) in [6.07, 6.45) is 2.78. The van der Waals surface area contributed by atoms with Crippen molar-refractivity contribution in [1.29, 1.82) is 0 Å². The first-order valence-corrected chi connectivity index (χ1v) is 6.65. The molecule has 0 unspecified atom stereocenters. The number of unbranched alkanes of at least 4 members (excludes halogenated alkanes) is 1. The molecular formula is C15H18N2O3. The molecule has 0 saturated carbocycles. The van der Waals surface area contributed by atoms with Crippen molar-refractivity contribution in [1.82, 2.24) is 9.78 Å². The Morgan fingerprint density at radius 3 is 2.70 bits per heavy atom. The Bertz CT molecular complexity index is 632.